The number of aromatic nitrogens is 4. The third-order valence-electron chi connectivity index (χ3n) is 9.66. The number of fused-ring (bicyclic) bond motifs is 2. The number of carbonyl (C=O) groups excluding carboxylic acids is 7. The molecule has 0 saturated carbocycles. The lowest BCUT2D eigenvalue weighted by Gasteiger charge is -2.26. The molecule has 3 atom stereocenters. The number of hydrogen-bond donors (Lipinski definition) is 6. The quantitative estimate of drug-likeness (QED) is 0.0698. The first-order chi connectivity index (χ1) is 29.2. The second kappa shape index (κ2) is 19.4. The van der Waals surface area contributed by atoms with Crippen molar-refractivity contribution < 1.29 is 43.0 Å². The molecule has 328 valence electrons. The number of nitrogens with one attached hydrogen (secondary N) is 4. The largest absolute Gasteiger partial charge is 0.467 e. The summed E-state index contributed by atoms with van der Waals surface area (Å²) in [4.78, 5) is 109. The number of nitrogen functional groups attached to an aromatic ring is 2. The number of esters is 1. The fourth-order valence-corrected chi connectivity index (χ4v) is 6.45. The number of ether oxygens (including phenoxy) is 2. The van der Waals surface area contributed by atoms with Crippen LogP contribution in [0.5, 0.6) is 0 Å². The molecule has 2 aromatic carbocycles. The van der Waals surface area contributed by atoms with E-state index in [0.717, 1.165) is 10.5 Å². The second-order valence-corrected chi connectivity index (χ2v) is 16.0. The van der Waals surface area contributed by atoms with Crippen LogP contribution in [0.3, 0.4) is 0 Å². The minimum absolute atomic E-state index is 0.00836. The third-order valence-corrected chi connectivity index (χ3v) is 9.66. The Balaban J connectivity index is 1.12. The highest BCUT2D eigenvalue weighted by molar-refractivity contribution is 6.22. The number of aryl methyl sites for hydroxylation is 2. The zero-order chi connectivity index (χ0) is 45.5. The lowest BCUT2D eigenvalue weighted by atomic mass is 10.0. The first-order valence-corrected chi connectivity index (χ1v) is 19.9. The molecule has 6 amide bonds. The monoisotopic (exact) mass is 853 g/mol. The fourth-order valence-electron chi connectivity index (χ4n) is 6.45. The molecular weight excluding hydrogens is 803 g/mol. The molecular formula is C42H51N11O9. The van der Waals surface area contributed by atoms with Crippen molar-refractivity contribution in [2.75, 3.05) is 30.4 Å². The molecule has 5 rings (SSSR count). The Labute approximate surface area is 357 Å². The molecule has 8 N–H and O–H groups in total. The van der Waals surface area contributed by atoms with Gasteiger partial charge < -0.3 is 42.2 Å². The molecule has 4 aromatic rings. The van der Waals surface area contributed by atoms with Crippen molar-refractivity contribution in [1.82, 2.24) is 40.8 Å². The van der Waals surface area contributed by atoms with Gasteiger partial charge in [-0.05, 0) is 95.2 Å². The Hall–Kier alpha value is -7.25. The van der Waals surface area contributed by atoms with Crippen LogP contribution in [-0.4, -0.2) is 104 Å². The molecule has 0 radical (unpaired) electrons. The first-order valence-electron chi connectivity index (χ1n) is 19.9. The Morgan fingerprint density at radius 1 is 0.839 bits per heavy atom. The summed E-state index contributed by atoms with van der Waals surface area (Å²) in [6.45, 7) is 9.93. The van der Waals surface area contributed by atoms with Crippen LogP contribution < -0.4 is 32.7 Å². The maximum Gasteiger partial charge on any atom is 0.408 e. The maximum atomic E-state index is 13.4. The molecule has 1 aliphatic rings. The van der Waals surface area contributed by atoms with E-state index in [2.05, 4.69) is 41.2 Å². The molecule has 0 aliphatic carbocycles. The summed E-state index contributed by atoms with van der Waals surface area (Å²) in [5.74, 6) is -3.79. The van der Waals surface area contributed by atoms with Gasteiger partial charge in [0.2, 0.25) is 17.8 Å². The van der Waals surface area contributed by atoms with E-state index in [-0.39, 0.29) is 53.9 Å². The Morgan fingerprint density at radius 2 is 1.53 bits per heavy atom. The number of nitrogens with zero attached hydrogens (tertiary/aromatic N) is 5. The van der Waals surface area contributed by atoms with Gasteiger partial charge in [-0.15, -0.1) is 0 Å². The summed E-state index contributed by atoms with van der Waals surface area (Å²) in [6, 6.07) is 7.95. The number of carbonyl (C=O) groups is 7. The highest BCUT2D eigenvalue weighted by Gasteiger charge is 2.36. The van der Waals surface area contributed by atoms with Gasteiger partial charge >= 0.3 is 12.1 Å². The number of anilines is 3. The lowest BCUT2D eigenvalue weighted by molar-refractivity contribution is -0.143. The van der Waals surface area contributed by atoms with Crippen molar-refractivity contribution in [2.24, 2.45) is 5.92 Å². The minimum atomic E-state index is -1.08. The molecule has 62 heavy (non-hydrogen) atoms. The average Bonchev–Trinajstić information content (AvgIpc) is 3.44. The van der Waals surface area contributed by atoms with Gasteiger partial charge in [-0.1, -0.05) is 26.0 Å². The second-order valence-electron chi connectivity index (χ2n) is 16.0. The first kappa shape index (κ1) is 45.8. The average molecular weight is 854 g/mol. The number of alkyl carbamates (subject to hydrolysis) is 1. The van der Waals surface area contributed by atoms with Crippen molar-refractivity contribution in [1.29, 1.82) is 0 Å². The Morgan fingerprint density at radius 3 is 2.19 bits per heavy atom. The van der Waals surface area contributed by atoms with Crippen LogP contribution in [0.2, 0.25) is 0 Å². The standard InChI is InChI=1S/C42H51N11O9/c1-21(2)30(50-41(60)62-42(4,5)6)36(56)46-22(3)34(54)48-25-16-17-27-28(19-25)38(58)53(37(27)57)18-8-9-29(39(59)61-7)49-35(55)24-13-10-23(11-14-24)12-15-26-20-45-33-31(47-26)32(43)51-40(44)52-33/h10-11,13-14,16-17,19-22,29-30H,8-9,12,15,18H2,1-7H3,(H,46,56)(H,48,54)(H,49,55)(H,50,60)(H4,43,44,45,51,52)/t22-,29-,30-/m0/s1. The van der Waals surface area contributed by atoms with Crippen molar-refractivity contribution >= 4 is 70.2 Å². The Bertz CT molecular complexity index is 2380. The molecule has 0 unspecified atom stereocenters. The van der Waals surface area contributed by atoms with Crippen LogP contribution in [-0.2, 0) is 36.7 Å². The molecule has 20 nitrogen and oxygen atoms in total. The molecule has 20 heteroatoms. The van der Waals surface area contributed by atoms with E-state index >= 15 is 0 Å². The van der Waals surface area contributed by atoms with E-state index in [1.807, 2.05) is 0 Å². The Kier molecular flexibility index (Phi) is 14.4. The predicted molar refractivity (Wildman–Crippen MR) is 226 cm³/mol. The van der Waals surface area contributed by atoms with Gasteiger partial charge in [-0.3, -0.25) is 28.9 Å². The summed E-state index contributed by atoms with van der Waals surface area (Å²) in [5.41, 5.74) is 13.7. The fraction of sp³-hybridized carbons (Fsp3) is 0.405. The smallest absolute Gasteiger partial charge is 0.408 e. The van der Waals surface area contributed by atoms with Gasteiger partial charge in [-0.2, -0.15) is 9.97 Å². The molecule has 0 saturated heterocycles. The highest BCUT2D eigenvalue weighted by atomic mass is 16.6. The molecule has 0 fully saturated rings. The number of methoxy groups -OCH3 is 1. The van der Waals surface area contributed by atoms with Gasteiger partial charge in [0, 0.05) is 17.8 Å². The van der Waals surface area contributed by atoms with Crippen LogP contribution in [0.25, 0.3) is 11.2 Å². The summed E-state index contributed by atoms with van der Waals surface area (Å²) < 4.78 is 10.2. The third kappa shape index (κ3) is 11.5. The van der Waals surface area contributed by atoms with Gasteiger partial charge in [0.05, 0.1) is 30.1 Å². The van der Waals surface area contributed by atoms with E-state index in [1.165, 1.54) is 32.2 Å². The number of nitrogens with two attached hydrogens (primary N) is 2. The van der Waals surface area contributed by atoms with Crippen LogP contribution in [0.15, 0.2) is 48.7 Å². The molecule has 0 bridgehead atoms. The number of benzene rings is 2. The van der Waals surface area contributed by atoms with Gasteiger partial charge in [0.15, 0.2) is 17.0 Å². The number of rotatable bonds is 16. The molecule has 1 aliphatic heterocycles. The van der Waals surface area contributed by atoms with Crippen molar-refractivity contribution in [3.05, 3.63) is 76.6 Å². The number of imide groups is 1. The highest BCUT2D eigenvalue weighted by Crippen LogP contribution is 2.27. The van der Waals surface area contributed by atoms with E-state index in [1.54, 1.807) is 65.1 Å². The summed E-state index contributed by atoms with van der Waals surface area (Å²) in [7, 11) is 1.19. The summed E-state index contributed by atoms with van der Waals surface area (Å²) in [5, 5.41) is 10.5. The SMILES string of the molecule is COC(=O)[C@H](CCCN1C(=O)c2ccc(NC(=O)[C@H](C)NC(=O)[C@@H](NC(=O)OC(C)(C)C)C(C)C)cc2C1=O)NC(=O)c1ccc(CCc2cnc3nc(N)nc(N)c3n2)cc1. The van der Waals surface area contributed by atoms with Crippen molar-refractivity contribution in [2.45, 2.75) is 91.0 Å². The minimum Gasteiger partial charge on any atom is -0.467 e. The topological polar surface area (TPSA) is 293 Å². The van der Waals surface area contributed by atoms with E-state index in [9.17, 15) is 33.6 Å². The van der Waals surface area contributed by atoms with E-state index in [4.69, 9.17) is 20.9 Å². The van der Waals surface area contributed by atoms with E-state index < -0.39 is 65.3 Å². The van der Waals surface area contributed by atoms with Gasteiger partial charge in [-0.25, -0.2) is 19.6 Å². The lowest BCUT2D eigenvalue weighted by Crippen LogP contribution is -2.54. The van der Waals surface area contributed by atoms with Crippen LogP contribution in [0.1, 0.15) is 96.7 Å². The molecule has 0 spiro atoms. The number of hydrogen-bond acceptors (Lipinski definition) is 15. The van der Waals surface area contributed by atoms with Crippen molar-refractivity contribution in [3.63, 3.8) is 0 Å². The number of amides is 6. The summed E-state index contributed by atoms with van der Waals surface area (Å²) in [6.07, 6.45) is 2.10. The van der Waals surface area contributed by atoms with E-state index in [0.29, 0.717) is 35.3 Å². The predicted octanol–water partition coefficient (Wildman–Crippen LogP) is 2.71. The van der Waals surface area contributed by atoms with Crippen molar-refractivity contribution in [3.8, 4) is 0 Å². The van der Waals surface area contributed by atoms with Crippen LogP contribution in [0, 0.1) is 5.92 Å². The normalized spacial score (nSPS) is 13.8. The van der Waals surface area contributed by atoms with Gasteiger partial charge in [0.25, 0.3) is 17.7 Å². The van der Waals surface area contributed by atoms with Gasteiger partial charge in [0.1, 0.15) is 23.7 Å². The summed E-state index contributed by atoms with van der Waals surface area (Å²) >= 11 is 0. The molecule has 2 aromatic heterocycles. The zero-order valence-electron chi connectivity index (χ0n) is 35.5. The zero-order valence-corrected chi connectivity index (χ0v) is 35.5. The van der Waals surface area contributed by atoms with Crippen LogP contribution in [0.4, 0.5) is 22.2 Å². The maximum absolute atomic E-state index is 13.4. The molecule has 3 heterocycles. The van der Waals surface area contributed by atoms with Crippen LogP contribution >= 0.6 is 0 Å².